The summed E-state index contributed by atoms with van der Waals surface area (Å²) in [7, 11) is 1.74. The molecule has 2 atom stereocenters. The Morgan fingerprint density at radius 3 is 2.50 bits per heavy atom. The van der Waals surface area contributed by atoms with Crippen LogP contribution in [0.5, 0.6) is 0 Å². The number of guanidine groups is 1. The fourth-order valence-electron chi connectivity index (χ4n) is 3.23. The van der Waals surface area contributed by atoms with Crippen LogP contribution in [-0.4, -0.2) is 73.8 Å². The highest BCUT2D eigenvalue weighted by Crippen LogP contribution is 2.33. The maximum Gasteiger partial charge on any atom is 0.412 e. The second kappa shape index (κ2) is 10.9. The van der Waals surface area contributed by atoms with Crippen molar-refractivity contribution in [2.24, 2.45) is 4.99 Å². The van der Waals surface area contributed by atoms with Gasteiger partial charge in [-0.25, -0.2) is 4.79 Å². The van der Waals surface area contributed by atoms with Crippen LogP contribution in [0.1, 0.15) is 61.3 Å². The molecule has 2 N–H and O–H groups in total. The van der Waals surface area contributed by atoms with E-state index in [9.17, 15) is 4.79 Å². The smallest absolute Gasteiger partial charge is 0.412 e. The molecule has 8 nitrogen and oxygen atoms in total. The molecular weight excluding hydrogens is 360 g/mol. The molecule has 0 aromatic carbocycles. The van der Waals surface area contributed by atoms with Crippen molar-refractivity contribution in [2.75, 3.05) is 33.4 Å². The predicted molar refractivity (Wildman–Crippen MR) is 112 cm³/mol. The fourth-order valence-corrected chi connectivity index (χ4v) is 3.23. The van der Waals surface area contributed by atoms with E-state index < -0.39 is 11.3 Å². The molecule has 2 unspecified atom stereocenters. The van der Waals surface area contributed by atoms with Crippen LogP contribution in [0.3, 0.4) is 0 Å². The maximum absolute atomic E-state index is 12.8. The fraction of sp³-hybridized carbons (Fsp3) is 0.900. The summed E-state index contributed by atoms with van der Waals surface area (Å²) in [6.45, 7) is 16.2. The van der Waals surface area contributed by atoms with Gasteiger partial charge in [0.25, 0.3) is 0 Å². The van der Waals surface area contributed by atoms with Crippen molar-refractivity contribution in [1.29, 1.82) is 0 Å². The zero-order chi connectivity index (χ0) is 21.4. The lowest BCUT2D eigenvalue weighted by atomic mass is 10.1. The minimum Gasteiger partial charge on any atom is -0.444 e. The highest BCUT2D eigenvalue weighted by atomic mass is 16.6. The highest BCUT2D eigenvalue weighted by Gasteiger charge is 2.49. The van der Waals surface area contributed by atoms with E-state index >= 15 is 0 Å². The summed E-state index contributed by atoms with van der Waals surface area (Å²) >= 11 is 0. The number of hydrogen-bond donors (Lipinski definition) is 2. The molecule has 1 amide bonds. The number of nitrogens with one attached hydrogen (secondary N) is 2. The Bertz CT molecular complexity index is 517. The lowest BCUT2D eigenvalue weighted by Gasteiger charge is -2.35. The van der Waals surface area contributed by atoms with Crippen LogP contribution in [-0.2, 0) is 14.2 Å². The summed E-state index contributed by atoms with van der Waals surface area (Å²) in [6, 6.07) is -0.165. The van der Waals surface area contributed by atoms with Gasteiger partial charge in [-0.3, -0.25) is 9.89 Å². The van der Waals surface area contributed by atoms with E-state index in [4.69, 9.17) is 14.2 Å². The van der Waals surface area contributed by atoms with Gasteiger partial charge in [0.1, 0.15) is 11.3 Å². The quantitative estimate of drug-likeness (QED) is 0.370. The van der Waals surface area contributed by atoms with Crippen molar-refractivity contribution in [3.63, 3.8) is 0 Å². The standard InChI is InChI=1S/C20H40N4O4/c1-9-26-13-11-10-12-22-17(21-8)23-14-16-15(2)27-20(6,7)24(16)18(25)28-19(3,4)5/h15-16H,9-14H2,1-8H3,(H2,21,22,23). The first-order valence-corrected chi connectivity index (χ1v) is 10.2. The number of aliphatic imine (C=N–C) groups is 1. The van der Waals surface area contributed by atoms with E-state index in [-0.39, 0.29) is 18.2 Å². The molecule has 0 saturated carbocycles. The van der Waals surface area contributed by atoms with Gasteiger partial charge in [0.05, 0.1) is 12.1 Å². The Labute approximate surface area is 170 Å². The van der Waals surface area contributed by atoms with E-state index in [2.05, 4.69) is 15.6 Å². The average molecular weight is 401 g/mol. The summed E-state index contributed by atoms with van der Waals surface area (Å²) in [6.07, 6.45) is 1.51. The molecule has 1 rings (SSSR count). The van der Waals surface area contributed by atoms with E-state index in [1.54, 1.807) is 11.9 Å². The molecule has 0 spiro atoms. The molecule has 28 heavy (non-hydrogen) atoms. The molecule has 1 aliphatic rings. The van der Waals surface area contributed by atoms with Crippen molar-refractivity contribution in [3.8, 4) is 0 Å². The first-order chi connectivity index (χ1) is 13.0. The zero-order valence-corrected chi connectivity index (χ0v) is 18.9. The Morgan fingerprint density at radius 2 is 1.93 bits per heavy atom. The second-order valence-corrected chi connectivity index (χ2v) is 8.47. The van der Waals surface area contributed by atoms with Gasteiger partial charge in [0, 0.05) is 33.4 Å². The van der Waals surface area contributed by atoms with Crippen LogP contribution in [0.15, 0.2) is 4.99 Å². The monoisotopic (exact) mass is 400 g/mol. The van der Waals surface area contributed by atoms with Gasteiger partial charge in [0.15, 0.2) is 5.96 Å². The van der Waals surface area contributed by atoms with Gasteiger partial charge >= 0.3 is 6.09 Å². The van der Waals surface area contributed by atoms with Gasteiger partial charge in [-0.2, -0.15) is 0 Å². The Morgan fingerprint density at radius 1 is 1.25 bits per heavy atom. The van der Waals surface area contributed by atoms with Gasteiger partial charge in [-0.15, -0.1) is 0 Å². The molecule has 164 valence electrons. The van der Waals surface area contributed by atoms with Crippen LogP contribution < -0.4 is 10.6 Å². The number of rotatable bonds is 8. The van der Waals surface area contributed by atoms with E-state index in [1.807, 2.05) is 48.5 Å². The first kappa shape index (κ1) is 24.5. The molecule has 1 aliphatic heterocycles. The predicted octanol–water partition coefficient (Wildman–Crippen LogP) is 2.73. The molecule has 0 aromatic rings. The molecule has 0 bridgehead atoms. The van der Waals surface area contributed by atoms with Crippen LogP contribution in [0.4, 0.5) is 4.79 Å². The third-order valence-electron chi connectivity index (χ3n) is 4.43. The summed E-state index contributed by atoms with van der Waals surface area (Å²) in [4.78, 5) is 18.7. The summed E-state index contributed by atoms with van der Waals surface area (Å²) in [5, 5.41) is 6.60. The lowest BCUT2D eigenvalue weighted by Crippen LogP contribution is -2.54. The average Bonchev–Trinajstić information content (AvgIpc) is 2.80. The molecule has 1 fully saturated rings. The van der Waals surface area contributed by atoms with Crippen molar-refractivity contribution < 1.29 is 19.0 Å². The third-order valence-corrected chi connectivity index (χ3v) is 4.43. The molecule has 1 saturated heterocycles. The number of nitrogens with zero attached hydrogens (tertiary/aromatic N) is 2. The molecule has 0 radical (unpaired) electrons. The van der Waals surface area contributed by atoms with E-state index in [1.165, 1.54) is 0 Å². The Kier molecular flexibility index (Phi) is 9.50. The maximum atomic E-state index is 12.8. The van der Waals surface area contributed by atoms with Crippen LogP contribution >= 0.6 is 0 Å². The number of carbonyl (C=O) groups excluding carboxylic acids is 1. The summed E-state index contributed by atoms with van der Waals surface area (Å²) < 4.78 is 17.0. The van der Waals surface area contributed by atoms with Crippen LogP contribution in [0, 0.1) is 0 Å². The molecule has 0 aliphatic carbocycles. The summed E-state index contributed by atoms with van der Waals surface area (Å²) in [5.41, 5.74) is -1.29. The van der Waals surface area contributed by atoms with Gasteiger partial charge < -0.3 is 24.8 Å². The highest BCUT2D eigenvalue weighted by molar-refractivity contribution is 5.79. The Balaban J connectivity index is 2.62. The van der Waals surface area contributed by atoms with Crippen molar-refractivity contribution in [2.45, 2.75) is 84.8 Å². The minimum atomic E-state index is -0.732. The lowest BCUT2D eigenvalue weighted by molar-refractivity contribution is -0.0755. The minimum absolute atomic E-state index is 0.126. The van der Waals surface area contributed by atoms with E-state index in [0.29, 0.717) is 12.5 Å². The number of unbranched alkanes of at least 4 members (excludes halogenated alkanes) is 1. The number of carbonyl (C=O) groups is 1. The van der Waals surface area contributed by atoms with Crippen molar-refractivity contribution >= 4 is 12.1 Å². The number of ether oxygens (including phenoxy) is 3. The third kappa shape index (κ3) is 7.83. The molecule has 1 heterocycles. The van der Waals surface area contributed by atoms with Gasteiger partial charge in [-0.1, -0.05) is 0 Å². The van der Waals surface area contributed by atoms with Gasteiger partial charge in [-0.05, 0) is 61.3 Å². The molecular formula is C20H40N4O4. The second-order valence-electron chi connectivity index (χ2n) is 8.47. The van der Waals surface area contributed by atoms with Crippen LogP contribution in [0.2, 0.25) is 0 Å². The van der Waals surface area contributed by atoms with Gasteiger partial charge in [0.2, 0.25) is 0 Å². The topological polar surface area (TPSA) is 84.4 Å². The first-order valence-electron chi connectivity index (χ1n) is 10.2. The van der Waals surface area contributed by atoms with Crippen molar-refractivity contribution in [3.05, 3.63) is 0 Å². The van der Waals surface area contributed by atoms with Crippen molar-refractivity contribution in [1.82, 2.24) is 15.5 Å². The molecule has 0 aromatic heterocycles. The SMILES string of the molecule is CCOCCCCNC(=NC)NCC1C(C)OC(C)(C)N1C(=O)OC(C)(C)C. The zero-order valence-electron chi connectivity index (χ0n) is 18.9. The summed E-state index contributed by atoms with van der Waals surface area (Å²) in [5.74, 6) is 0.706. The largest absolute Gasteiger partial charge is 0.444 e. The van der Waals surface area contributed by atoms with Crippen LogP contribution in [0.25, 0.3) is 0 Å². The Hall–Kier alpha value is -1.54. The van der Waals surface area contributed by atoms with E-state index in [0.717, 1.165) is 32.6 Å². The number of amides is 1. The molecule has 8 heteroatoms. The number of hydrogen-bond acceptors (Lipinski definition) is 5. The normalized spacial score (nSPS) is 22.3.